The molecule has 2 unspecified atom stereocenters. The molecule has 29 heavy (non-hydrogen) atoms. The van der Waals surface area contributed by atoms with Crippen LogP contribution in [0.25, 0.3) is 16.0 Å². The van der Waals surface area contributed by atoms with E-state index in [-0.39, 0.29) is 27.6 Å². The molecule has 0 saturated heterocycles. The van der Waals surface area contributed by atoms with E-state index in [9.17, 15) is 17.2 Å². The number of benzene rings is 1. The second kappa shape index (κ2) is 7.20. The molecule has 0 spiro atoms. The van der Waals surface area contributed by atoms with Gasteiger partial charge in [-0.15, -0.1) is 10.2 Å². The minimum atomic E-state index is -3.92. The molecule has 2 aromatic heterocycles. The number of sulfonamides is 1. The number of hydrogen-bond acceptors (Lipinski definition) is 7. The first-order valence-electron chi connectivity index (χ1n) is 8.58. The fourth-order valence-electron chi connectivity index (χ4n) is 3.29. The predicted octanol–water partition coefficient (Wildman–Crippen LogP) is 2.91. The molecule has 1 saturated carbocycles. The third-order valence-corrected chi connectivity index (χ3v) is 7.79. The maximum absolute atomic E-state index is 12.9. The van der Waals surface area contributed by atoms with Gasteiger partial charge in [-0.2, -0.15) is 5.10 Å². The number of nitrogens with zero attached hydrogens (tertiary/aromatic N) is 4. The number of hydrogen-bond donors (Lipinski definition) is 2. The van der Waals surface area contributed by atoms with Gasteiger partial charge in [-0.3, -0.25) is 0 Å². The Bertz CT molecular complexity index is 1180. The molecule has 2 atom stereocenters. The summed E-state index contributed by atoms with van der Waals surface area (Å²) in [6.07, 6.45) is -0.223. The first kappa shape index (κ1) is 20.5. The van der Waals surface area contributed by atoms with Crippen LogP contribution in [-0.4, -0.2) is 45.6 Å². The quantitative estimate of drug-likeness (QED) is 0.557. The van der Waals surface area contributed by atoms with Crippen LogP contribution in [0.2, 0.25) is 5.02 Å². The van der Waals surface area contributed by atoms with E-state index in [4.69, 9.17) is 16.7 Å². The van der Waals surface area contributed by atoms with E-state index in [0.29, 0.717) is 35.1 Å². The molecule has 2 N–H and O–H groups in total. The van der Waals surface area contributed by atoms with Crippen molar-refractivity contribution in [1.82, 2.24) is 24.7 Å². The summed E-state index contributed by atoms with van der Waals surface area (Å²) in [5.41, 5.74) is -0.322. The van der Waals surface area contributed by atoms with Crippen molar-refractivity contribution in [2.24, 2.45) is 5.92 Å². The van der Waals surface area contributed by atoms with E-state index in [1.54, 1.807) is 6.92 Å². The number of aliphatic hydroxyl groups is 1. The number of halogens is 3. The summed E-state index contributed by atoms with van der Waals surface area (Å²) in [6, 6.07) is 2.68. The van der Waals surface area contributed by atoms with Crippen LogP contribution in [0.3, 0.4) is 0 Å². The molecule has 0 amide bonds. The van der Waals surface area contributed by atoms with Crippen LogP contribution < -0.4 is 4.72 Å². The lowest BCUT2D eigenvalue weighted by Crippen LogP contribution is -2.36. The molecule has 1 aliphatic rings. The summed E-state index contributed by atoms with van der Waals surface area (Å²) in [6.45, 7) is 1.77. The van der Waals surface area contributed by atoms with E-state index in [1.165, 1.54) is 23.0 Å². The van der Waals surface area contributed by atoms with Gasteiger partial charge < -0.3 is 5.11 Å². The number of aromatic nitrogens is 4. The fourth-order valence-corrected chi connectivity index (χ4v) is 5.81. The van der Waals surface area contributed by atoms with Crippen molar-refractivity contribution in [3.8, 4) is 5.13 Å². The highest BCUT2D eigenvalue weighted by atomic mass is 35.5. The standard InChI is InChI=1S/C16H16ClF2N5O3S2/c1-16(6-8(16)2-3-25)23-29(26,27)9-4-11(17)10-7-20-24(12(10)5-9)15-22-21-14(28-15)13(18)19/h4-5,7-8,13,23,25H,2-3,6H2,1H3. The lowest BCUT2D eigenvalue weighted by molar-refractivity contribution is 0.150. The van der Waals surface area contributed by atoms with Crippen molar-refractivity contribution < 1.29 is 22.3 Å². The van der Waals surface area contributed by atoms with Crippen molar-refractivity contribution in [3.63, 3.8) is 0 Å². The Morgan fingerprint density at radius 2 is 2.21 bits per heavy atom. The highest BCUT2D eigenvalue weighted by Crippen LogP contribution is 2.46. The summed E-state index contributed by atoms with van der Waals surface area (Å²) in [7, 11) is -3.92. The van der Waals surface area contributed by atoms with Crippen LogP contribution in [0.15, 0.2) is 23.2 Å². The molecule has 0 bridgehead atoms. The lowest BCUT2D eigenvalue weighted by atomic mass is 10.2. The van der Waals surface area contributed by atoms with Gasteiger partial charge in [0.25, 0.3) is 6.43 Å². The predicted molar refractivity (Wildman–Crippen MR) is 103 cm³/mol. The molecule has 1 aromatic carbocycles. The minimum absolute atomic E-state index is 0.0125. The second-order valence-electron chi connectivity index (χ2n) is 7.05. The molecular formula is C16H16ClF2N5O3S2. The molecule has 13 heteroatoms. The first-order valence-corrected chi connectivity index (χ1v) is 11.3. The zero-order valence-electron chi connectivity index (χ0n) is 15.0. The molecule has 8 nitrogen and oxygen atoms in total. The maximum atomic E-state index is 12.9. The Balaban J connectivity index is 1.73. The molecule has 156 valence electrons. The molecule has 4 rings (SSSR count). The Morgan fingerprint density at radius 1 is 1.45 bits per heavy atom. The minimum Gasteiger partial charge on any atom is -0.396 e. The third kappa shape index (κ3) is 3.75. The number of aliphatic hydroxyl groups excluding tert-OH is 1. The number of nitrogens with one attached hydrogen (secondary N) is 1. The summed E-state index contributed by atoms with van der Waals surface area (Å²) in [5.74, 6) is 0.0566. The SMILES string of the molecule is CC1(NS(=O)(=O)c2cc(Cl)c3cnn(-c4nnc(C(F)F)s4)c3c2)CC1CCO. The number of fused-ring (bicyclic) bond motifs is 1. The number of rotatable bonds is 7. The summed E-state index contributed by atoms with van der Waals surface area (Å²) >= 11 is 6.91. The van der Waals surface area contributed by atoms with Crippen molar-refractivity contribution in [3.05, 3.63) is 28.4 Å². The molecule has 2 heterocycles. The van der Waals surface area contributed by atoms with Gasteiger partial charge in [0.05, 0.1) is 21.6 Å². The van der Waals surface area contributed by atoms with Crippen molar-refractivity contribution in [1.29, 1.82) is 0 Å². The Hall–Kier alpha value is -1.73. The first-order chi connectivity index (χ1) is 13.6. The summed E-state index contributed by atoms with van der Waals surface area (Å²) < 4.78 is 55.4. The van der Waals surface area contributed by atoms with Gasteiger partial charge in [0, 0.05) is 17.5 Å². The van der Waals surface area contributed by atoms with Crippen LogP contribution in [0.5, 0.6) is 0 Å². The largest absolute Gasteiger partial charge is 0.396 e. The van der Waals surface area contributed by atoms with Gasteiger partial charge in [0.2, 0.25) is 15.2 Å². The monoisotopic (exact) mass is 463 g/mol. The Labute approximate surface area is 173 Å². The van der Waals surface area contributed by atoms with E-state index < -0.39 is 27.0 Å². The van der Waals surface area contributed by atoms with Gasteiger partial charge in [0.1, 0.15) is 0 Å². The van der Waals surface area contributed by atoms with Crippen LogP contribution in [-0.2, 0) is 10.0 Å². The topological polar surface area (TPSA) is 110 Å². The Kier molecular flexibility index (Phi) is 5.10. The van der Waals surface area contributed by atoms with Crippen LogP contribution in [0.4, 0.5) is 8.78 Å². The van der Waals surface area contributed by atoms with Gasteiger partial charge in [-0.25, -0.2) is 26.6 Å². The highest BCUT2D eigenvalue weighted by Gasteiger charge is 2.51. The summed E-state index contributed by atoms with van der Waals surface area (Å²) in [4.78, 5) is -0.0776. The lowest BCUT2D eigenvalue weighted by Gasteiger charge is -2.15. The number of alkyl halides is 2. The average Bonchev–Trinajstić information content (AvgIpc) is 3.05. The van der Waals surface area contributed by atoms with E-state index in [2.05, 4.69) is 20.0 Å². The molecule has 0 radical (unpaired) electrons. The van der Waals surface area contributed by atoms with Crippen LogP contribution >= 0.6 is 22.9 Å². The molecule has 3 aromatic rings. The third-order valence-electron chi connectivity index (χ3n) is 4.98. The van der Waals surface area contributed by atoms with E-state index in [0.717, 1.165) is 0 Å². The fraction of sp³-hybridized carbons (Fsp3) is 0.438. The van der Waals surface area contributed by atoms with Crippen molar-refractivity contribution in [2.75, 3.05) is 6.61 Å². The molecule has 1 aliphatic carbocycles. The van der Waals surface area contributed by atoms with Gasteiger partial charge in [-0.05, 0) is 37.8 Å². The molecular weight excluding hydrogens is 448 g/mol. The Morgan fingerprint density at radius 3 is 2.86 bits per heavy atom. The van der Waals surface area contributed by atoms with Gasteiger partial charge in [-0.1, -0.05) is 22.9 Å². The molecule has 0 aliphatic heterocycles. The van der Waals surface area contributed by atoms with Gasteiger partial charge >= 0.3 is 0 Å². The van der Waals surface area contributed by atoms with Crippen molar-refractivity contribution >= 4 is 43.9 Å². The zero-order chi connectivity index (χ0) is 21.0. The van der Waals surface area contributed by atoms with Gasteiger partial charge in [0.15, 0.2) is 5.01 Å². The zero-order valence-corrected chi connectivity index (χ0v) is 17.4. The van der Waals surface area contributed by atoms with E-state index >= 15 is 0 Å². The average molecular weight is 464 g/mol. The smallest absolute Gasteiger partial charge is 0.291 e. The van der Waals surface area contributed by atoms with Crippen molar-refractivity contribution in [2.45, 2.75) is 36.6 Å². The molecule has 1 fully saturated rings. The normalized spacial score (nSPS) is 21.9. The summed E-state index contributed by atoms with van der Waals surface area (Å²) in [5, 5.41) is 20.5. The van der Waals surface area contributed by atoms with Crippen LogP contribution in [0.1, 0.15) is 31.2 Å². The second-order valence-corrected chi connectivity index (χ2v) is 10.1. The van der Waals surface area contributed by atoms with E-state index in [1.807, 2.05) is 0 Å². The highest BCUT2D eigenvalue weighted by molar-refractivity contribution is 7.89. The van der Waals surface area contributed by atoms with Crippen LogP contribution in [0, 0.1) is 5.92 Å². The maximum Gasteiger partial charge on any atom is 0.291 e.